The lowest BCUT2D eigenvalue weighted by molar-refractivity contribution is -0.140. The molecule has 0 bridgehead atoms. The molecule has 0 unspecified atom stereocenters. The van der Waals surface area contributed by atoms with Crippen LogP contribution in [0.2, 0.25) is 0 Å². The van der Waals surface area contributed by atoms with Crippen molar-refractivity contribution < 1.29 is 17.9 Å². The lowest BCUT2D eigenvalue weighted by Gasteiger charge is -1.99. The van der Waals surface area contributed by atoms with E-state index in [0.717, 1.165) is 5.56 Å². The first kappa shape index (κ1) is 17.9. The number of hydrogen-bond acceptors (Lipinski definition) is 4. The molecule has 0 aliphatic carbocycles. The Hall–Kier alpha value is -2.09. The molecule has 1 aromatic rings. The van der Waals surface area contributed by atoms with Crippen molar-refractivity contribution in [3.05, 3.63) is 29.8 Å². The molecule has 0 heterocycles. The quantitative estimate of drug-likeness (QED) is 0.476. The van der Waals surface area contributed by atoms with Crippen LogP contribution in [-0.2, 0) is 19.6 Å². The molecule has 7 nitrogen and oxygen atoms in total. The van der Waals surface area contributed by atoms with Gasteiger partial charge < -0.3 is 16.2 Å². The van der Waals surface area contributed by atoms with Crippen molar-refractivity contribution in [1.29, 1.82) is 0 Å². The van der Waals surface area contributed by atoms with Crippen LogP contribution in [0.5, 0.6) is 0 Å². The van der Waals surface area contributed by atoms with Gasteiger partial charge in [0, 0.05) is 6.92 Å². The lowest BCUT2D eigenvalue weighted by Crippen LogP contribution is -2.24. The normalized spacial score (nSPS) is 9.95. The van der Waals surface area contributed by atoms with Crippen molar-refractivity contribution in [3.63, 3.8) is 0 Å². The van der Waals surface area contributed by atoms with E-state index in [9.17, 15) is 13.2 Å². The number of nitrogens with zero attached hydrogens (tertiary/aromatic N) is 1. The molecule has 0 fully saturated rings. The number of carbonyl (C=O) groups excluding carboxylic acids is 1. The number of benzene rings is 1. The van der Waals surface area contributed by atoms with Crippen molar-refractivity contribution in [2.75, 3.05) is 6.61 Å². The SMILES string of the molecule is CCOC(C)=O.Cc1cccc(S(=O)(=O)N=C(N)N)c1. The zero-order chi connectivity index (χ0) is 15.8. The number of hydrogen-bond donors (Lipinski definition) is 2. The van der Waals surface area contributed by atoms with Crippen LogP contribution in [0.4, 0.5) is 0 Å². The number of rotatable bonds is 3. The smallest absolute Gasteiger partial charge is 0.302 e. The molecule has 0 spiro atoms. The summed E-state index contributed by atoms with van der Waals surface area (Å²) in [4.78, 5) is 9.91. The van der Waals surface area contributed by atoms with Crippen molar-refractivity contribution in [2.24, 2.45) is 15.9 Å². The maximum atomic E-state index is 11.4. The lowest BCUT2D eigenvalue weighted by atomic mass is 10.2. The maximum absolute atomic E-state index is 11.4. The fraction of sp³-hybridized carbons (Fsp3) is 0.333. The van der Waals surface area contributed by atoms with Gasteiger partial charge in [-0.15, -0.1) is 4.40 Å². The van der Waals surface area contributed by atoms with E-state index in [1.807, 2.05) is 0 Å². The monoisotopic (exact) mass is 301 g/mol. The summed E-state index contributed by atoms with van der Waals surface area (Å²) in [5, 5.41) is 0. The molecule has 4 N–H and O–H groups in total. The number of guanidine groups is 1. The summed E-state index contributed by atoms with van der Waals surface area (Å²) in [6.45, 7) is 5.44. The number of nitrogens with two attached hydrogens (primary N) is 2. The highest BCUT2D eigenvalue weighted by molar-refractivity contribution is 7.90. The van der Waals surface area contributed by atoms with Crippen LogP contribution >= 0.6 is 0 Å². The second kappa shape index (κ2) is 8.16. The van der Waals surface area contributed by atoms with Crippen LogP contribution in [0, 0.1) is 6.92 Å². The van der Waals surface area contributed by atoms with Crippen molar-refractivity contribution >= 4 is 22.0 Å². The first-order valence-electron chi connectivity index (χ1n) is 5.75. The minimum Gasteiger partial charge on any atom is -0.466 e. The van der Waals surface area contributed by atoms with Crippen molar-refractivity contribution in [2.45, 2.75) is 25.7 Å². The summed E-state index contributed by atoms with van der Waals surface area (Å²) < 4.78 is 30.5. The van der Waals surface area contributed by atoms with E-state index in [4.69, 9.17) is 11.5 Å². The van der Waals surface area contributed by atoms with Crippen LogP contribution in [0.25, 0.3) is 0 Å². The molecule has 1 rings (SSSR count). The zero-order valence-corrected chi connectivity index (χ0v) is 12.5. The highest BCUT2D eigenvalue weighted by Gasteiger charge is 2.12. The van der Waals surface area contributed by atoms with E-state index in [1.165, 1.54) is 19.1 Å². The molecule has 0 saturated carbocycles. The number of sulfonamides is 1. The molecule has 1 aromatic carbocycles. The third-order valence-corrected chi connectivity index (χ3v) is 3.16. The first-order chi connectivity index (χ1) is 9.19. The number of esters is 1. The molecule has 0 aromatic heterocycles. The second-order valence-electron chi connectivity index (χ2n) is 3.73. The Labute approximate surface area is 118 Å². The third-order valence-electron chi connectivity index (χ3n) is 1.86. The van der Waals surface area contributed by atoms with E-state index in [2.05, 4.69) is 9.13 Å². The Bertz CT molecular complexity index is 578. The summed E-state index contributed by atoms with van der Waals surface area (Å²) >= 11 is 0. The highest BCUT2D eigenvalue weighted by atomic mass is 32.2. The Morgan fingerprint density at radius 3 is 2.30 bits per heavy atom. The van der Waals surface area contributed by atoms with Gasteiger partial charge in [0.1, 0.15) is 0 Å². The van der Waals surface area contributed by atoms with Gasteiger partial charge in [0.2, 0.25) is 5.96 Å². The second-order valence-corrected chi connectivity index (χ2v) is 5.34. The van der Waals surface area contributed by atoms with Gasteiger partial charge in [-0.25, -0.2) is 0 Å². The predicted octanol–water partition coefficient (Wildman–Crippen LogP) is 0.527. The van der Waals surface area contributed by atoms with Crippen LogP contribution < -0.4 is 11.5 Å². The largest absolute Gasteiger partial charge is 0.466 e. The molecule has 0 amide bonds. The summed E-state index contributed by atoms with van der Waals surface area (Å²) in [5.41, 5.74) is 10.8. The first-order valence-corrected chi connectivity index (χ1v) is 7.19. The maximum Gasteiger partial charge on any atom is 0.302 e. The summed E-state index contributed by atoms with van der Waals surface area (Å²) in [7, 11) is -3.74. The van der Waals surface area contributed by atoms with E-state index in [-0.39, 0.29) is 10.9 Å². The minimum absolute atomic E-state index is 0.0888. The Morgan fingerprint density at radius 1 is 1.35 bits per heavy atom. The van der Waals surface area contributed by atoms with E-state index in [0.29, 0.717) is 6.61 Å². The van der Waals surface area contributed by atoms with Crippen LogP contribution in [0.3, 0.4) is 0 Å². The molecular weight excluding hydrogens is 282 g/mol. The average molecular weight is 301 g/mol. The standard InChI is InChI=1S/C8H11N3O2S.C4H8O2/c1-6-3-2-4-7(5-6)14(12,13)11-8(9)10;1-3-6-4(2)5/h2-5H,1H3,(H4,9,10,11);3H2,1-2H3. The van der Waals surface area contributed by atoms with Crippen molar-refractivity contribution in [3.8, 4) is 0 Å². The van der Waals surface area contributed by atoms with Gasteiger partial charge in [-0.05, 0) is 31.5 Å². The molecule has 0 aliphatic rings. The summed E-state index contributed by atoms with van der Waals surface area (Å²) in [5.74, 6) is -0.677. The molecule has 0 atom stereocenters. The van der Waals surface area contributed by atoms with Crippen LogP contribution in [-0.4, -0.2) is 27.0 Å². The van der Waals surface area contributed by atoms with Gasteiger partial charge in [-0.1, -0.05) is 12.1 Å². The van der Waals surface area contributed by atoms with E-state index < -0.39 is 16.0 Å². The van der Waals surface area contributed by atoms with E-state index >= 15 is 0 Å². The Balaban J connectivity index is 0.000000511. The Kier molecular flexibility index (Phi) is 7.30. The van der Waals surface area contributed by atoms with Gasteiger partial charge >= 0.3 is 5.97 Å². The molecule has 8 heteroatoms. The average Bonchev–Trinajstić information content (AvgIpc) is 2.27. The van der Waals surface area contributed by atoms with Crippen molar-refractivity contribution in [1.82, 2.24) is 0 Å². The Morgan fingerprint density at radius 2 is 1.95 bits per heavy atom. The van der Waals surface area contributed by atoms with Gasteiger partial charge in [0.15, 0.2) is 0 Å². The van der Waals surface area contributed by atoms with Gasteiger partial charge in [-0.3, -0.25) is 4.79 Å². The van der Waals surface area contributed by atoms with Gasteiger partial charge in [0.05, 0.1) is 11.5 Å². The van der Waals surface area contributed by atoms with Gasteiger partial charge in [-0.2, -0.15) is 8.42 Å². The number of carbonyl (C=O) groups is 1. The fourth-order valence-corrected chi connectivity index (χ4v) is 2.14. The molecule has 112 valence electrons. The topological polar surface area (TPSA) is 125 Å². The van der Waals surface area contributed by atoms with Gasteiger partial charge in [0.25, 0.3) is 10.0 Å². The van der Waals surface area contributed by atoms with E-state index in [1.54, 1.807) is 26.0 Å². The molecule has 20 heavy (non-hydrogen) atoms. The molecule has 0 aliphatic heterocycles. The van der Waals surface area contributed by atoms with Crippen LogP contribution in [0.15, 0.2) is 33.6 Å². The minimum atomic E-state index is -3.74. The summed E-state index contributed by atoms with van der Waals surface area (Å²) in [6, 6.07) is 6.36. The number of ether oxygens (including phenoxy) is 1. The number of aryl methyl sites for hydroxylation is 1. The summed E-state index contributed by atoms with van der Waals surface area (Å²) in [6.07, 6.45) is 0. The molecule has 0 saturated heterocycles. The highest BCUT2D eigenvalue weighted by Crippen LogP contribution is 2.13. The fourth-order valence-electron chi connectivity index (χ4n) is 1.17. The molecular formula is C12H19N3O4S. The van der Waals surface area contributed by atoms with Crippen LogP contribution in [0.1, 0.15) is 19.4 Å². The third kappa shape index (κ3) is 7.37. The predicted molar refractivity (Wildman–Crippen MR) is 76.5 cm³/mol. The zero-order valence-electron chi connectivity index (χ0n) is 11.7. The molecule has 0 radical (unpaired) electrons.